The highest BCUT2D eigenvalue weighted by Gasteiger charge is 2.22. The lowest BCUT2D eigenvalue weighted by molar-refractivity contribution is -0.116. The van der Waals surface area contributed by atoms with Gasteiger partial charge in [-0.2, -0.15) is 4.31 Å². The number of anilines is 1. The van der Waals surface area contributed by atoms with Crippen molar-refractivity contribution in [2.45, 2.75) is 45.1 Å². The van der Waals surface area contributed by atoms with E-state index < -0.39 is 10.0 Å². The normalized spacial score (nSPS) is 11.9. The van der Waals surface area contributed by atoms with Gasteiger partial charge in [-0.05, 0) is 43.7 Å². The van der Waals surface area contributed by atoms with Crippen LogP contribution in [0.25, 0.3) is 11.0 Å². The van der Waals surface area contributed by atoms with Gasteiger partial charge in [0.05, 0.1) is 10.4 Å². The minimum Gasteiger partial charge on any atom is -0.326 e. The average Bonchev–Trinajstić information content (AvgIpc) is 3.13. The fourth-order valence-corrected chi connectivity index (χ4v) is 4.72. The predicted molar refractivity (Wildman–Crippen MR) is 117 cm³/mol. The molecule has 2 aromatic carbocycles. The second-order valence-electron chi connectivity index (χ2n) is 7.07. The minimum atomic E-state index is -3.54. The smallest absolute Gasteiger partial charge is 0.243 e. The van der Waals surface area contributed by atoms with Gasteiger partial charge in [0.15, 0.2) is 0 Å². The lowest BCUT2D eigenvalue weighted by Gasteiger charge is -2.18. The van der Waals surface area contributed by atoms with Gasteiger partial charge >= 0.3 is 0 Å². The summed E-state index contributed by atoms with van der Waals surface area (Å²) in [5, 5.41) is 11.1. The topological polar surface area (TPSA) is 97.2 Å². The summed E-state index contributed by atoms with van der Waals surface area (Å²) in [5.41, 5.74) is 3.18. The number of fused-ring (bicyclic) bond motifs is 1. The summed E-state index contributed by atoms with van der Waals surface area (Å²) in [6, 6.07) is 12.5. The zero-order valence-corrected chi connectivity index (χ0v) is 18.3. The maximum absolute atomic E-state index is 12.7. The van der Waals surface area contributed by atoms with Gasteiger partial charge in [0.2, 0.25) is 15.9 Å². The van der Waals surface area contributed by atoms with Crippen LogP contribution in [0.4, 0.5) is 5.69 Å². The molecule has 0 aliphatic rings. The largest absolute Gasteiger partial charge is 0.326 e. The number of carbonyl (C=O) groups is 1. The van der Waals surface area contributed by atoms with Crippen molar-refractivity contribution in [3.05, 3.63) is 48.0 Å². The van der Waals surface area contributed by atoms with Crippen molar-refractivity contribution in [2.24, 2.45) is 0 Å². The maximum Gasteiger partial charge on any atom is 0.243 e. The summed E-state index contributed by atoms with van der Waals surface area (Å²) in [7, 11) is -3.54. The van der Waals surface area contributed by atoms with E-state index in [0.29, 0.717) is 38.0 Å². The predicted octanol–water partition coefficient (Wildman–Crippen LogP) is 3.19. The van der Waals surface area contributed by atoms with Crippen LogP contribution in [-0.4, -0.2) is 46.7 Å². The molecule has 3 aromatic rings. The molecule has 0 atom stereocenters. The number of nitrogens with zero attached hydrogens (tertiary/aromatic N) is 4. The van der Waals surface area contributed by atoms with E-state index in [1.807, 2.05) is 45.0 Å². The van der Waals surface area contributed by atoms with E-state index in [2.05, 4.69) is 15.6 Å². The maximum atomic E-state index is 12.7. The number of benzene rings is 2. The summed E-state index contributed by atoms with van der Waals surface area (Å²) in [4.78, 5) is 12.3. The van der Waals surface area contributed by atoms with Crippen LogP contribution in [0.15, 0.2) is 47.4 Å². The standard InChI is InChI=1S/C21H27N5O3S/c1-4-25(5-2)30(28,29)18-12-13-20-19(15-18)23-24-26(20)14-6-7-21(27)22-17-10-8-16(3)9-11-17/h8-13,15H,4-7,14H2,1-3H3,(H,22,27). The first kappa shape index (κ1) is 21.9. The van der Waals surface area contributed by atoms with Crippen LogP contribution in [0.1, 0.15) is 32.3 Å². The first-order chi connectivity index (χ1) is 14.3. The van der Waals surface area contributed by atoms with E-state index in [9.17, 15) is 13.2 Å². The van der Waals surface area contributed by atoms with E-state index in [1.54, 1.807) is 22.9 Å². The van der Waals surface area contributed by atoms with Crippen molar-refractivity contribution in [3.63, 3.8) is 0 Å². The van der Waals surface area contributed by atoms with E-state index in [4.69, 9.17) is 0 Å². The Balaban J connectivity index is 1.63. The van der Waals surface area contributed by atoms with E-state index >= 15 is 0 Å². The molecule has 0 saturated heterocycles. The van der Waals surface area contributed by atoms with E-state index in [0.717, 1.165) is 16.8 Å². The first-order valence-corrected chi connectivity index (χ1v) is 11.5. The molecule has 9 heteroatoms. The molecule has 1 heterocycles. The molecule has 0 aliphatic heterocycles. The molecule has 0 spiro atoms. The molecule has 0 radical (unpaired) electrons. The van der Waals surface area contributed by atoms with Crippen LogP contribution in [-0.2, 0) is 21.4 Å². The van der Waals surface area contributed by atoms with Crippen molar-refractivity contribution in [1.29, 1.82) is 0 Å². The molecule has 160 valence electrons. The molecular formula is C21H27N5O3S. The number of hydrogen-bond acceptors (Lipinski definition) is 5. The Morgan fingerprint density at radius 3 is 2.47 bits per heavy atom. The molecule has 0 aliphatic carbocycles. The molecule has 3 rings (SSSR count). The average molecular weight is 430 g/mol. The van der Waals surface area contributed by atoms with Crippen LogP contribution in [0.3, 0.4) is 0 Å². The van der Waals surface area contributed by atoms with Gasteiger partial charge in [-0.3, -0.25) is 4.79 Å². The van der Waals surface area contributed by atoms with Crippen LogP contribution < -0.4 is 5.32 Å². The fourth-order valence-electron chi connectivity index (χ4n) is 3.24. The Hall–Kier alpha value is -2.78. The highest BCUT2D eigenvalue weighted by molar-refractivity contribution is 7.89. The van der Waals surface area contributed by atoms with Crippen LogP contribution in [0.2, 0.25) is 0 Å². The monoisotopic (exact) mass is 429 g/mol. The molecule has 8 nitrogen and oxygen atoms in total. The van der Waals surface area contributed by atoms with Crippen molar-refractivity contribution in [2.75, 3.05) is 18.4 Å². The first-order valence-electron chi connectivity index (χ1n) is 10.0. The Morgan fingerprint density at radius 2 is 1.80 bits per heavy atom. The molecule has 0 unspecified atom stereocenters. The third-order valence-electron chi connectivity index (χ3n) is 4.94. The highest BCUT2D eigenvalue weighted by atomic mass is 32.2. The number of rotatable bonds is 9. The summed E-state index contributed by atoms with van der Waals surface area (Å²) in [6.07, 6.45) is 0.944. The van der Waals surface area contributed by atoms with Gasteiger partial charge in [-0.25, -0.2) is 13.1 Å². The second-order valence-corrected chi connectivity index (χ2v) is 9.01. The Bertz CT molecular complexity index is 1120. The zero-order valence-electron chi connectivity index (χ0n) is 17.5. The SMILES string of the molecule is CCN(CC)S(=O)(=O)c1ccc2c(c1)nnn2CCCC(=O)Nc1ccc(C)cc1. The quantitative estimate of drug-likeness (QED) is 0.563. The molecule has 0 fully saturated rings. The third-order valence-corrected chi connectivity index (χ3v) is 6.98. The highest BCUT2D eigenvalue weighted by Crippen LogP contribution is 2.21. The van der Waals surface area contributed by atoms with Crippen LogP contribution in [0.5, 0.6) is 0 Å². The molecule has 0 bridgehead atoms. The summed E-state index contributed by atoms with van der Waals surface area (Å²) < 4.78 is 28.5. The van der Waals surface area contributed by atoms with Crippen molar-refractivity contribution in [1.82, 2.24) is 19.3 Å². The number of aromatic nitrogens is 3. The number of nitrogens with one attached hydrogen (secondary N) is 1. The second kappa shape index (κ2) is 9.36. The summed E-state index contributed by atoms with van der Waals surface area (Å²) in [5.74, 6) is -0.0594. The number of sulfonamides is 1. The third kappa shape index (κ3) is 4.85. The number of carbonyl (C=O) groups excluding carboxylic acids is 1. The number of aryl methyl sites for hydroxylation is 2. The van der Waals surface area contributed by atoms with Gasteiger partial charge in [0, 0.05) is 31.7 Å². The molecule has 30 heavy (non-hydrogen) atoms. The minimum absolute atomic E-state index is 0.0594. The Labute approximate surface area is 176 Å². The molecular weight excluding hydrogens is 402 g/mol. The molecule has 0 saturated carbocycles. The number of hydrogen-bond donors (Lipinski definition) is 1. The number of amides is 1. The van der Waals surface area contributed by atoms with Crippen molar-refractivity contribution >= 4 is 32.7 Å². The summed E-state index contributed by atoms with van der Waals surface area (Å²) >= 11 is 0. The van der Waals surface area contributed by atoms with Gasteiger partial charge in [0.25, 0.3) is 0 Å². The van der Waals surface area contributed by atoms with Gasteiger partial charge in [0.1, 0.15) is 5.52 Å². The van der Waals surface area contributed by atoms with Gasteiger partial charge in [-0.1, -0.05) is 36.8 Å². The summed E-state index contributed by atoms with van der Waals surface area (Å²) in [6.45, 7) is 6.95. The van der Waals surface area contributed by atoms with Gasteiger partial charge in [-0.15, -0.1) is 5.10 Å². The Morgan fingerprint density at radius 1 is 1.10 bits per heavy atom. The molecule has 1 aromatic heterocycles. The Kier molecular flexibility index (Phi) is 6.84. The van der Waals surface area contributed by atoms with Crippen LogP contribution in [0, 0.1) is 6.92 Å². The van der Waals surface area contributed by atoms with E-state index in [1.165, 1.54) is 4.31 Å². The zero-order chi connectivity index (χ0) is 21.7. The fraction of sp³-hybridized carbons (Fsp3) is 0.381. The van der Waals surface area contributed by atoms with Gasteiger partial charge < -0.3 is 5.32 Å². The van der Waals surface area contributed by atoms with Crippen LogP contribution >= 0.6 is 0 Å². The van der Waals surface area contributed by atoms with Crippen molar-refractivity contribution in [3.8, 4) is 0 Å². The molecule has 1 amide bonds. The van der Waals surface area contributed by atoms with E-state index in [-0.39, 0.29) is 10.8 Å². The molecule has 1 N–H and O–H groups in total. The lowest BCUT2D eigenvalue weighted by Crippen LogP contribution is -2.30. The van der Waals surface area contributed by atoms with Crippen molar-refractivity contribution < 1.29 is 13.2 Å². The lowest BCUT2D eigenvalue weighted by atomic mass is 10.2.